The van der Waals surface area contributed by atoms with E-state index in [0.29, 0.717) is 6.54 Å². The zero-order chi connectivity index (χ0) is 18.9. The van der Waals surface area contributed by atoms with Crippen molar-refractivity contribution >= 4 is 37.4 Å². The first kappa shape index (κ1) is 17.6. The molecule has 0 aliphatic carbocycles. The molecule has 0 spiro atoms. The van der Waals surface area contributed by atoms with Crippen molar-refractivity contribution in [2.45, 2.75) is 11.4 Å². The van der Waals surface area contributed by atoms with Crippen molar-refractivity contribution in [1.82, 2.24) is 9.97 Å². The predicted molar refractivity (Wildman–Crippen MR) is 108 cm³/mol. The maximum absolute atomic E-state index is 11.3. The van der Waals surface area contributed by atoms with E-state index in [1.165, 1.54) is 12.1 Å². The smallest absolute Gasteiger partial charge is 0.238 e. The van der Waals surface area contributed by atoms with Crippen LogP contribution in [0.1, 0.15) is 5.56 Å². The van der Waals surface area contributed by atoms with E-state index >= 15 is 0 Å². The maximum atomic E-state index is 11.3. The Hall–Kier alpha value is -2.81. The Morgan fingerprint density at radius 2 is 1.74 bits per heavy atom. The van der Waals surface area contributed by atoms with Crippen LogP contribution in [0.3, 0.4) is 0 Å². The van der Waals surface area contributed by atoms with E-state index in [2.05, 4.69) is 33.5 Å². The number of rotatable bonds is 5. The van der Waals surface area contributed by atoms with Crippen molar-refractivity contribution in [2.75, 3.05) is 5.32 Å². The number of primary sulfonamides is 1. The fourth-order valence-corrected chi connectivity index (χ4v) is 4.24. The lowest BCUT2D eigenvalue weighted by atomic mass is 10.2. The molecule has 2 aromatic heterocycles. The molecule has 2 aromatic carbocycles. The van der Waals surface area contributed by atoms with Crippen molar-refractivity contribution in [3.63, 3.8) is 0 Å². The van der Waals surface area contributed by atoms with E-state index in [1.807, 2.05) is 18.2 Å². The van der Waals surface area contributed by atoms with Gasteiger partial charge in [-0.2, -0.15) is 0 Å². The molecular weight excluding hydrogens is 380 g/mol. The molecule has 0 aliphatic rings. The average molecular weight is 396 g/mol. The molecule has 2 heterocycles. The Morgan fingerprint density at radius 3 is 2.44 bits per heavy atom. The van der Waals surface area contributed by atoms with Gasteiger partial charge in [0, 0.05) is 11.4 Å². The molecule has 3 N–H and O–H groups in total. The molecule has 0 aliphatic heterocycles. The standard InChI is InChI=1S/C19H16N4O2S2/c20-27(24,25)15-8-6-13(7-9-15)11-21-18-16-10-17(14-4-2-1-3-5-14)26-19(16)23-12-22-18/h1-10,12H,11H2,(H2,20,24,25)(H,21,22,23). The van der Waals surface area contributed by atoms with E-state index in [-0.39, 0.29) is 4.90 Å². The van der Waals surface area contributed by atoms with Crippen LogP contribution in [0.25, 0.3) is 20.7 Å². The maximum Gasteiger partial charge on any atom is 0.238 e. The minimum Gasteiger partial charge on any atom is -0.365 e. The summed E-state index contributed by atoms with van der Waals surface area (Å²) in [5.41, 5.74) is 2.07. The van der Waals surface area contributed by atoms with Gasteiger partial charge in [-0.05, 0) is 29.3 Å². The molecular formula is C19H16N4O2S2. The lowest BCUT2D eigenvalue weighted by Crippen LogP contribution is -2.12. The molecule has 0 radical (unpaired) electrons. The highest BCUT2D eigenvalue weighted by atomic mass is 32.2. The second kappa shape index (κ2) is 7.07. The molecule has 6 nitrogen and oxygen atoms in total. The van der Waals surface area contributed by atoms with Crippen LogP contribution in [0, 0.1) is 0 Å². The van der Waals surface area contributed by atoms with E-state index in [4.69, 9.17) is 5.14 Å². The SMILES string of the molecule is NS(=O)(=O)c1ccc(CNc2ncnc3sc(-c4ccccc4)cc23)cc1. The Morgan fingerprint density at radius 1 is 1.00 bits per heavy atom. The number of nitrogens with one attached hydrogen (secondary N) is 1. The Labute approximate surface area is 160 Å². The molecule has 0 amide bonds. The first-order valence-electron chi connectivity index (χ1n) is 8.16. The Balaban J connectivity index is 1.58. The molecule has 0 saturated carbocycles. The third kappa shape index (κ3) is 3.82. The van der Waals surface area contributed by atoms with E-state index < -0.39 is 10.0 Å². The summed E-state index contributed by atoms with van der Waals surface area (Å²) in [7, 11) is -3.68. The van der Waals surface area contributed by atoms with Gasteiger partial charge in [0.05, 0.1) is 10.3 Å². The number of hydrogen-bond donors (Lipinski definition) is 2. The van der Waals surface area contributed by atoms with Gasteiger partial charge in [-0.3, -0.25) is 0 Å². The summed E-state index contributed by atoms with van der Waals surface area (Å²) in [6, 6.07) is 18.7. The van der Waals surface area contributed by atoms with E-state index in [9.17, 15) is 8.42 Å². The van der Waals surface area contributed by atoms with Crippen LogP contribution in [-0.4, -0.2) is 18.4 Å². The lowest BCUT2D eigenvalue weighted by Gasteiger charge is -2.07. The second-order valence-corrected chi connectivity index (χ2v) is 8.55. The zero-order valence-corrected chi connectivity index (χ0v) is 15.8. The van der Waals surface area contributed by atoms with Gasteiger partial charge in [-0.15, -0.1) is 11.3 Å². The second-order valence-electron chi connectivity index (χ2n) is 5.96. The molecule has 0 unspecified atom stereocenters. The monoisotopic (exact) mass is 396 g/mol. The topological polar surface area (TPSA) is 98.0 Å². The summed E-state index contributed by atoms with van der Waals surface area (Å²) in [4.78, 5) is 10.9. The number of anilines is 1. The normalized spacial score (nSPS) is 11.6. The minimum absolute atomic E-state index is 0.0982. The molecule has 4 rings (SSSR count). The quantitative estimate of drug-likeness (QED) is 0.537. The lowest BCUT2D eigenvalue weighted by molar-refractivity contribution is 0.598. The van der Waals surface area contributed by atoms with Crippen molar-refractivity contribution < 1.29 is 8.42 Å². The molecule has 27 heavy (non-hydrogen) atoms. The predicted octanol–water partition coefficient (Wildman–Crippen LogP) is 3.62. The Kier molecular flexibility index (Phi) is 4.61. The van der Waals surface area contributed by atoms with Gasteiger partial charge < -0.3 is 5.32 Å². The fraction of sp³-hybridized carbons (Fsp3) is 0.0526. The highest BCUT2D eigenvalue weighted by Crippen LogP contribution is 2.34. The summed E-state index contributed by atoms with van der Waals surface area (Å²) >= 11 is 1.62. The summed E-state index contributed by atoms with van der Waals surface area (Å²) in [6.45, 7) is 0.507. The molecule has 8 heteroatoms. The number of hydrogen-bond acceptors (Lipinski definition) is 6. The molecule has 0 saturated heterocycles. The van der Waals surface area contributed by atoms with Crippen molar-refractivity contribution in [3.8, 4) is 10.4 Å². The van der Waals surface area contributed by atoms with Gasteiger partial charge in [-0.1, -0.05) is 42.5 Å². The Bertz CT molecular complexity index is 1190. The molecule has 0 bridgehead atoms. The fourth-order valence-electron chi connectivity index (χ4n) is 2.72. The van der Waals surface area contributed by atoms with Gasteiger partial charge >= 0.3 is 0 Å². The molecule has 0 fully saturated rings. The average Bonchev–Trinajstić information content (AvgIpc) is 3.12. The van der Waals surface area contributed by atoms with E-state index in [1.54, 1.807) is 29.8 Å². The van der Waals surface area contributed by atoms with Crippen LogP contribution < -0.4 is 10.5 Å². The molecule has 4 aromatic rings. The number of nitrogens with two attached hydrogens (primary N) is 1. The van der Waals surface area contributed by atoms with Gasteiger partial charge in [0.25, 0.3) is 0 Å². The molecule has 136 valence electrons. The minimum atomic E-state index is -3.68. The van der Waals surface area contributed by atoms with Crippen LogP contribution in [0.2, 0.25) is 0 Å². The number of thiophene rings is 1. The van der Waals surface area contributed by atoms with Crippen LogP contribution in [0.4, 0.5) is 5.82 Å². The van der Waals surface area contributed by atoms with E-state index in [0.717, 1.165) is 32.0 Å². The highest BCUT2D eigenvalue weighted by molar-refractivity contribution is 7.89. The third-order valence-electron chi connectivity index (χ3n) is 4.10. The summed E-state index contributed by atoms with van der Waals surface area (Å²) in [6.07, 6.45) is 1.54. The van der Waals surface area contributed by atoms with Gasteiger partial charge in [0.1, 0.15) is 17.0 Å². The summed E-state index contributed by atoms with van der Waals surface area (Å²) in [5.74, 6) is 0.744. The zero-order valence-electron chi connectivity index (χ0n) is 14.2. The number of sulfonamides is 1. The van der Waals surface area contributed by atoms with Crippen LogP contribution >= 0.6 is 11.3 Å². The van der Waals surface area contributed by atoms with Crippen molar-refractivity contribution in [1.29, 1.82) is 0 Å². The van der Waals surface area contributed by atoms with Gasteiger partial charge in [-0.25, -0.2) is 23.5 Å². The first-order chi connectivity index (χ1) is 13.0. The van der Waals surface area contributed by atoms with Crippen LogP contribution in [0.15, 0.2) is 71.9 Å². The summed E-state index contributed by atoms with van der Waals surface area (Å²) < 4.78 is 22.7. The highest BCUT2D eigenvalue weighted by Gasteiger charge is 2.11. The largest absolute Gasteiger partial charge is 0.365 e. The van der Waals surface area contributed by atoms with Gasteiger partial charge in [0.15, 0.2) is 0 Å². The van der Waals surface area contributed by atoms with Crippen molar-refractivity contribution in [3.05, 3.63) is 72.6 Å². The number of benzene rings is 2. The number of fused-ring (bicyclic) bond motifs is 1. The summed E-state index contributed by atoms with van der Waals surface area (Å²) in [5, 5.41) is 9.39. The van der Waals surface area contributed by atoms with Crippen LogP contribution in [0.5, 0.6) is 0 Å². The van der Waals surface area contributed by atoms with Gasteiger partial charge in [0.2, 0.25) is 10.0 Å². The number of aromatic nitrogens is 2. The molecule has 0 atom stereocenters. The van der Waals surface area contributed by atoms with Crippen LogP contribution in [-0.2, 0) is 16.6 Å². The first-order valence-corrected chi connectivity index (χ1v) is 10.5. The number of nitrogens with zero attached hydrogens (tertiary/aromatic N) is 2. The third-order valence-corrected chi connectivity index (χ3v) is 6.12. The van der Waals surface area contributed by atoms with Crippen molar-refractivity contribution in [2.24, 2.45) is 5.14 Å².